The third kappa shape index (κ3) is 3.11. The normalized spacial score (nSPS) is 29.2. The minimum atomic E-state index is 0.448. The standard InChI is InChI=1S/C12H22N2O2/c1-15-10-11-6-5-8-14(11)13-12-7-3-2-4-9-16-12/h11H,2-10H2,1H3/b13-12+/t11-/m0/s1. The Labute approximate surface area is 97.6 Å². The number of nitrogens with zero attached hydrogens (tertiary/aromatic N) is 2. The van der Waals surface area contributed by atoms with E-state index in [4.69, 9.17) is 9.47 Å². The molecule has 0 amide bonds. The van der Waals surface area contributed by atoms with Gasteiger partial charge < -0.3 is 9.47 Å². The molecule has 2 saturated heterocycles. The number of methoxy groups -OCH3 is 1. The Morgan fingerprint density at radius 1 is 1.38 bits per heavy atom. The molecule has 0 aliphatic carbocycles. The average molecular weight is 226 g/mol. The van der Waals surface area contributed by atoms with E-state index in [1.54, 1.807) is 7.11 Å². The molecule has 0 unspecified atom stereocenters. The largest absolute Gasteiger partial charge is 0.480 e. The van der Waals surface area contributed by atoms with Crippen molar-refractivity contribution in [1.29, 1.82) is 0 Å². The van der Waals surface area contributed by atoms with Crippen molar-refractivity contribution >= 4 is 5.90 Å². The highest BCUT2D eigenvalue weighted by Crippen LogP contribution is 2.19. The van der Waals surface area contributed by atoms with Gasteiger partial charge in [0.25, 0.3) is 0 Å². The van der Waals surface area contributed by atoms with Gasteiger partial charge >= 0.3 is 0 Å². The van der Waals surface area contributed by atoms with Gasteiger partial charge in [-0.25, -0.2) is 0 Å². The molecular weight excluding hydrogens is 204 g/mol. The molecule has 0 spiro atoms. The summed E-state index contributed by atoms with van der Waals surface area (Å²) >= 11 is 0. The first-order valence-corrected chi connectivity index (χ1v) is 6.36. The Morgan fingerprint density at radius 3 is 3.19 bits per heavy atom. The summed E-state index contributed by atoms with van der Waals surface area (Å²) < 4.78 is 10.9. The maximum absolute atomic E-state index is 5.66. The highest BCUT2D eigenvalue weighted by molar-refractivity contribution is 5.75. The Kier molecular flexibility index (Phi) is 4.45. The Bertz CT molecular complexity index is 233. The second-order valence-corrected chi connectivity index (χ2v) is 4.57. The second-order valence-electron chi connectivity index (χ2n) is 4.57. The lowest BCUT2D eigenvalue weighted by molar-refractivity contribution is 0.115. The molecule has 92 valence electrons. The maximum atomic E-state index is 5.66. The lowest BCUT2D eigenvalue weighted by Gasteiger charge is -2.21. The monoisotopic (exact) mass is 226 g/mol. The molecule has 0 aromatic heterocycles. The van der Waals surface area contributed by atoms with E-state index >= 15 is 0 Å². The van der Waals surface area contributed by atoms with Crippen LogP contribution in [-0.2, 0) is 9.47 Å². The number of hydrazone groups is 1. The molecule has 0 N–H and O–H groups in total. The van der Waals surface area contributed by atoms with Crippen LogP contribution in [0.25, 0.3) is 0 Å². The summed E-state index contributed by atoms with van der Waals surface area (Å²) in [5, 5.41) is 6.80. The van der Waals surface area contributed by atoms with E-state index in [1.807, 2.05) is 0 Å². The van der Waals surface area contributed by atoms with Crippen molar-refractivity contribution < 1.29 is 9.47 Å². The van der Waals surface area contributed by atoms with Gasteiger partial charge in [0.2, 0.25) is 5.90 Å². The van der Waals surface area contributed by atoms with E-state index in [9.17, 15) is 0 Å². The molecule has 0 aromatic rings. The fourth-order valence-corrected chi connectivity index (χ4v) is 2.35. The molecular formula is C12H22N2O2. The molecule has 4 heteroatoms. The lowest BCUT2D eigenvalue weighted by Crippen LogP contribution is -2.29. The lowest BCUT2D eigenvalue weighted by atomic mass is 10.2. The van der Waals surface area contributed by atoms with Gasteiger partial charge in [-0.1, -0.05) is 0 Å². The van der Waals surface area contributed by atoms with Crippen LogP contribution < -0.4 is 0 Å². The molecule has 4 nitrogen and oxygen atoms in total. The predicted molar refractivity (Wildman–Crippen MR) is 63.5 cm³/mol. The summed E-state index contributed by atoms with van der Waals surface area (Å²) in [6.07, 6.45) is 7.04. The molecule has 16 heavy (non-hydrogen) atoms. The number of hydrogen-bond donors (Lipinski definition) is 0. The van der Waals surface area contributed by atoms with Crippen LogP contribution in [0.4, 0.5) is 0 Å². The topological polar surface area (TPSA) is 34.1 Å². The van der Waals surface area contributed by atoms with Gasteiger partial charge in [0.1, 0.15) is 0 Å². The molecule has 2 fully saturated rings. The van der Waals surface area contributed by atoms with Crippen LogP contribution in [0.5, 0.6) is 0 Å². The molecule has 0 bridgehead atoms. The van der Waals surface area contributed by atoms with E-state index in [1.165, 1.54) is 32.1 Å². The first kappa shape index (κ1) is 11.7. The molecule has 0 saturated carbocycles. The summed E-state index contributed by atoms with van der Waals surface area (Å²) in [4.78, 5) is 0. The fraction of sp³-hybridized carbons (Fsp3) is 0.917. The minimum Gasteiger partial charge on any atom is -0.480 e. The number of hydrogen-bond acceptors (Lipinski definition) is 4. The van der Waals surface area contributed by atoms with E-state index < -0.39 is 0 Å². The van der Waals surface area contributed by atoms with E-state index in [0.717, 1.165) is 32.1 Å². The zero-order valence-corrected chi connectivity index (χ0v) is 10.2. The molecule has 2 aliphatic rings. The summed E-state index contributed by atoms with van der Waals surface area (Å²) in [6, 6.07) is 0.448. The highest BCUT2D eigenvalue weighted by atomic mass is 16.5. The van der Waals surface area contributed by atoms with Crippen LogP contribution in [0.1, 0.15) is 38.5 Å². The van der Waals surface area contributed by atoms with Crippen LogP contribution in [-0.4, -0.2) is 43.8 Å². The highest BCUT2D eigenvalue weighted by Gasteiger charge is 2.24. The first-order chi connectivity index (χ1) is 7.90. The van der Waals surface area contributed by atoms with Crippen LogP contribution in [0.3, 0.4) is 0 Å². The number of rotatable bonds is 3. The van der Waals surface area contributed by atoms with Gasteiger partial charge in [-0.2, -0.15) is 0 Å². The van der Waals surface area contributed by atoms with Gasteiger partial charge in [-0.15, -0.1) is 5.10 Å². The van der Waals surface area contributed by atoms with Crippen molar-refractivity contribution in [1.82, 2.24) is 5.01 Å². The molecule has 0 radical (unpaired) electrons. The minimum absolute atomic E-state index is 0.448. The first-order valence-electron chi connectivity index (χ1n) is 6.36. The van der Waals surface area contributed by atoms with Crippen molar-refractivity contribution in [3.05, 3.63) is 0 Å². The smallest absolute Gasteiger partial charge is 0.205 e. The van der Waals surface area contributed by atoms with Gasteiger partial charge in [-0.3, -0.25) is 5.01 Å². The molecule has 2 aliphatic heterocycles. The van der Waals surface area contributed by atoms with Crippen molar-refractivity contribution in [2.45, 2.75) is 44.6 Å². The Hall–Kier alpha value is -0.770. The van der Waals surface area contributed by atoms with Gasteiger partial charge in [-0.05, 0) is 32.1 Å². The molecule has 1 atom stereocenters. The van der Waals surface area contributed by atoms with Crippen molar-refractivity contribution in [2.75, 3.05) is 26.9 Å². The summed E-state index contributed by atoms with van der Waals surface area (Å²) in [6.45, 7) is 2.65. The van der Waals surface area contributed by atoms with Crippen LogP contribution in [0, 0.1) is 0 Å². The summed E-state index contributed by atoms with van der Waals surface area (Å²) in [5.74, 6) is 0.931. The average Bonchev–Trinajstić information content (AvgIpc) is 2.56. The Balaban J connectivity index is 1.92. The van der Waals surface area contributed by atoms with Crippen LogP contribution in [0.15, 0.2) is 5.10 Å². The SMILES string of the molecule is COC[C@@H]1CCCN1/N=C1\CCCCCO1. The van der Waals surface area contributed by atoms with Crippen LogP contribution >= 0.6 is 0 Å². The van der Waals surface area contributed by atoms with Gasteiger partial charge in [0.15, 0.2) is 0 Å². The van der Waals surface area contributed by atoms with Gasteiger partial charge in [0.05, 0.1) is 19.3 Å². The van der Waals surface area contributed by atoms with E-state index in [-0.39, 0.29) is 0 Å². The molecule has 2 rings (SSSR count). The quantitative estimate of drug-likeness (QED) is 0.738. The summed E-state index contributed by atoms with van der Waals surface area (Å²) in [5.41, 5.74) is 0. The third-order valence-electron chi connectivity index (χ3n) is 3.25. The van der Waals surface area contributed by atoms with E-state index in [2.05, 4.69) is 10.1 Å². The van der Waals surface area contributed by atoms with Crippen molar-refractivity contribution in [3.63, 3.8) is 0 Å². The molecule has 0 aromatic carbocycles. The molecule has 2 heterocycles. The Morgan fingerprint density at radius 2 is 2.31 bits per heavy atom. The third-order valence-corrected chi connectivity index (χ3v) is 3.25. The van der Waals surface area contributed by atoms with Gasteiger partial charge in [0, 0.05) is 20.1 Å². The zero-order chi connectivity index (χ0) is 11.2. The van der Waals surface area contributed by atoms with Crippen molar-refractivity contribution in [3.8, 4) is 0 Å². The second kappa shape index (κ2) is 6.09. The fourth-order valence-electron chi connectivity index (χ4n) is 2.35. The maximum Gasteiger partial charge on any atom is 0.205 e. The predicted octanol–water partition coefficient (Wildman–Crippen LogP) is 2.00. The summed E-state index contributed by atoms with van der Waals surface area (Å²) in [7, 11) is 1.76. The number of ether oxygens (including phenoxy) is 2. The zero-order valence-electron chi connectivity index (χ0n) is 10.2. The van der Waals surface area contributed by atoms with E-state index in [0.29, 0.717) is 6.04 Å². The van der Waals surface area contributed by atoms with Crippen molar-refractivity contribution in [2.24, 2.45) is 5.10 Å². The van der Waals surface area contributed by atoms with Crippen LogP contribution in [0.2, 0.25) is 0 Å².